The molecule has 0 aliphatic carbocycles. The Morgan fingerprint density at radius 1 is 1.23 bits per heavy atom. The lowest BCUT2D eigenvalue weighted by atomic mass is 9.99. The molecule has 0 spiro atoms. The van der Waals surface area contributed by atoms with Gasteiger partial charge in [-0.3, -0.25) is 13.9 Å². The van der Waals surface area contributed by atoms with Crippen molar-refractivity contribution >= 4 is 21.2 Å². The van der Waals surface area contributed by atoms with Crippen molar-refractivity contribution in [1.29, 1.82) is 5.26 Å². The van der Waals surface area contributed by atoms with E-state index >= 15 is 0 Å². The Hall–Kier alpha value is -3.23. The molecule has 4 rings (SSSR count). The average molecular weight is 428 g/mol. The second kappa shape index (κ2) is 7.23. The van der Waals surface area contributed by atoms with Gasteiger partial charge in [0.2, 0.25) is 10.0 Å². The fraction of sp³-hybridized carbons (Fsp3) is 0.368. The molecular weight excluding hydrogens is 408 g/mol. The highest BCUT2D eigenvalue weighted by molar-refractivity contribution is 7.89. The van der Waals surface area contributed by atoms with Crippen LogP contribution in [0.1, 0.15) is 30.1 Å². The van der Waals surface area contributed by atoms with E-state index < -0.39 is 21.3 Å². The molecule has 2 aromatic heterocycles. The number of aromatic nitrogens is 4. The molecule has 1 aliphatic rings. The Kier molecular flexibility index (Phi) is 4.83. The van der Waals surface area contributed by atoms with Crippen LogP contribution in [-0.2, 0) is 24.1 Å². The van der Waals surface area contributed by atoms with E-state index in [0.29, 0.717) is 25.2 Å². The molecule has 1 fully saturated rings. The maximum atomic E-state index is 13.1. The minimum atomic E-state index is -3.78. The minimum absolute atomic E-state index is 0.0723. The Morgan fingerprint density at radius 3 is 2.73 bits per heavy atom. The molecule has 1 aromatic carbocycles. The van der Waals surface area contributed by atoms with Crippen LogP contribution in [0.15, 0.2) is 38.8 Å². The fourth-order valence-corrected chi connectivity index (χ4v) is 5.37. The van der Waals surface area contributed by atoms with Crippen LogP contribution in [0, 0.1) is 11.3 Å². The van der Waals surface area contributed by atoms with Gasteiger partial charge in [0.05, 0.1) is 16.5 Å². The molecule has 1 unspecified atom stereocenters. The first kappa shape index (κ1) is 20.1. The van der Waals surface area contributed by atoms with Gasteiger partial charge in [-0.25, -0.2) is 18.2 Å². The van der Waals surface area contributed by atoms with E-state index in [1.807, 2.05) is 6.07 Å². The zero-order chi connectivity index (χ0) is 21.6. The zero-order valence-electron chi connectivity index (χ0n) is 16.5. The molecule has 156 valence electrons. The van der Waals surface area contributed by atoms with Gasteiger partial charge in [-0.15, -0.1) is 0 Å². The molecule has 1 aliphatic heterocycles. The summed E-state index contributed by atoms with van der Waals surface area (Å²) in [6, 6.07) is 7.88. The van der Waals surface area contributed by atoms with Gasteiger partial charge in [0.15, 0.2) is 5.65 Å². The number of nitriles is 1. The van der Waals surface area contributed by atoms with Crippen molar-refractivity contribution in [1.82, 2.24) is 23.4 Å². The molecular formula is C19H20N6O4S. The summed E-state index contributed by atoms with van der Waals surface area (Å²) in [6.45, 7) is 0.545. The summed E-state index contributed by atoms with van der Waals surface area (Å²) in [4.78, 5) is 32.1. The number of hydrogen-bond acceptors (Lipinski definition) is 6. The van der Waals surface area contributed by atoms with Crippen molar-refractivity contribution in [3.8, 4) is 6.07 Å². The average Bonchev–Trinajstić information content (AvgIpc) is 3.22. The lowest BCUT2D eigenvalue weighted by Gasteiger charge is -2.31. The molecule has 0 amide bonds. The largest absolute Gasteiger partial charge is 0.336 e. The minimum Gasteiger partial charge on any atom is -0.336 e. The molecule has 0 radical (unpaired) electrons. The van der Waals surface area contributed by atoms with E-state index in [1.165, 1.54) is 35.1 Å². The third kappa shape index (κ3) is 3.14. The summed E-state index contributed by atoms with van der Waals surface area (Å²) >= 11 is 0. The fourth-order valence-electron chi connectivity index (χ4n) is 3.80. The van der Waals surface area contributed by atoms with Crippen molar-refractivity contribution in [2.75, 3.05) is 13.1 Å². The van der Waals surface area contributed by atoms with E-state index in [0.717, 1.165) is 4.57 Å². The van der Waals surface area contributed by atoms with Crippen molar-refractivity contribution in [3.05, 3.63) is 56.5 Å². The van der Waals surface area contributed by atoms with Gasteiger partial charge in [0.1, 0.15) is 11.3 Å². The molecule has 1 saturated heterocycles. The number of hydrogen-bond donors (Lipinski definition) is 1. The summed E-state index contributed by atoms with van der Waals surface area (Å²) in [7, 11) is -0.842. The van der Waals surface area contributed by atoms with Crippen LogP contribution < -0.4 is 11.2 Å². The molecule has 3 heterocycles. The number of aryl methyl sites for hydroxylation is 1. The topological polar surface area (TPSA) is 134 Å². The number of imidazole rings is 1. The molecule has 0 bridgehead atoms. The number of fused-ring (bicyclic) bond motifs is 1. The number of nitrogens with one attached hydrogen (secondary N) is 1. The van der Waals surface area contributed by atoms with E-state index in [2.05, 4.69) is 9.97 Å². The molecule has 10 nitrogen and oxygen atoms in total. The van der Waals surface area contributed by atoms with Gasteiger partial charge in [0, 0.05) is 33.1 Å². The number of nitrogens with zero attached hydrogens (tertiary/aromatic N) is 5. The van der Waals surface area contributed by atoms with E-state index in [1.54, 1.807) is 12.1 Å². The number of benzene rings is 1. The van der Waals surface area contributed by atoms with Crippen LogP contribution in [0.25, 0.3) is 11.2 Å². The summed E-state index contributed by atoms with van der Waals surface area (Å²) in [5.74, 6) is 0.230. The summed E-state index contributed by atoms with van der Waals surface area (Å²) in [5.41, 5.74) is -0.203. The van der Waals surface area contributed by atoms with Crippen molar-refractivity contribution in [2.45, 2.75) is 23.7 Å². The van der Waals surface area contributed by atoms with Crippen LogP contribution in [0.3, 0.4) is 0 Å². The second-order valence-electron chi connectivity index (χ2n) is 7.37. The van der Waals surface area contributed by atoms with Crippen LogP contribution >= 0.6 is 0 Å². The third-order valence-electron chi connectivity index (χ3n) is 5.48. The van der Waals surface area contributed by atoms with Crippen molar-refractivity contribution < 1.29 is 8.42 Å². The first-order chi connectivity index (χ1) is 14.2. The van der Waals surface area contributed by atoms with E-state index in [9.17, 15) is 18.0 Å². The Balaban J connectivity index is 1.70. The molecule has 0 saturated carbocycles. The van der Waals surface area contributed by atoms with Gasteiger partial charge >= 0.3 is 5.69 Å². The van der Waals surface area contributed by atoms with E-state index in [4.69, 9.17) is 5.26 Å². The molecule has 1 N–H and O–H groups in total. The number of rotatable bonds is 3. The maximum absolute atomic E-state index is 13.1. The number of H-pyrrole nitrogens is 1. The lowest BCUT2D eigenvalue weighted by molar-refractivity contribution is 0.310. The summed E-state index contributed by atoms with van der Waals surface area (Å²) in [6.07, 6.45) is 1.31. The number of sulfonamides is 1. The Morgan fingerprint density at radius 2 is 2.00 bits per heavy atom. The van der Waals surface area contributed by atoms with Crippen LogP contribution in [-0.4, -0.2) is 44.9 Å². The monoisotopic (exact) mass is 428 g/mol. The smallest absolute Gasteiger partial charge is 0.332 e. The lowest BCUT2D eigenvalue weighted by Crippen LogP contribution is -2.39. The van der Waals surface area contributed by atoms with E-state index in [-0.39, 0.29) is 34.1 Å². The third-order valence-corrected chi connectivity index (χ3v) is 7.35. The predicted octanol–water partition coefficient (Wildman–Crippen LogP) is 0.400. The molecule has 3 aromatic rings. The highest BCUT2D eigenvalue weighted by Gasteiger charge is 2.32. The predicted molar refractivity (Wildman–Crippen MR) is 108 cm³/mol. The first-order valence-corrected chi connectivity index (χ1v) is 10.8. The van der Waals surface area contributed by atoms with Crippen LogP contribution in [0.2, 0.25) is 0 Å². The van der Waals surface area contributed by atoms with Crippen molar-refractivity contribution in [2.24, 2.45) is 14.1 Å². The highest BCUT2D eigenvalue weighted by Crippen LogP contribution is 2.29. The van der Waals surface area contributed by atoms with Crippen molar-refractivity contribution in [3.63, 3.8) is 0 Å². The van der Waals surface area contributed by atoms with Gasteiger partial charge in [-0.05, 0) is 31.0 Å². The van der Waals surface area contributed by atoms with Crippen LogP contribution in [0.5, 0.6) is 0 Å². The Bertz CT molecular complexity index is 1410. The number of piperidine rings is 1. The summed E-state index contributed by atoms with van der Waals surface area (Å²) < 4.78 is 29.9. The number of aromatic amines is 1. The molecule has 30 heavy (non-hydrogen) atoms. The maximum Gasteiger partial charge on any atom is 0.332 e. The molecule has 1 atom stereocenters. The molecule has 11 heteroatoms. The Labute approximate surface area is 172 Å². The normalized spacial score (nSPS) is 17.8. The SMILES string of the molecule is Cn1c(=O)c2[nH]c(C3CCCN(S(=O)(=O)c4cccc(C#N)c4)C3)nc2n(C)c1=O. The van der Waals surface area contributed by atoms with Gasteiger partial charge in [-0.2, -0.15) is 9.57 Å². The standard InChI is InChI=1S/C19H20N6O4S/c1-23-17-15(18(26)24(2)19(23)27)21-16(22-17)13-6-4-8-25(11-13)30(28,29)14-7-3-5-12(9-14)10-20/h3,5,7,9,13H,4,6,8,11H2,1-2H3,(H,21,22). The van der Waals surface area contributed by atoms with Gasteiger partial charge in [0.25, 0.3) is 5.56 Å². The van der Waals surface area contributed by atoms with Crippen LogP contribution in [0.4, 0.5) is 0 Å². The first-order valence-electron chi connectivity index (χ1n) is 9.40. The van der Waals surface area contributed by atoms with Gasteiger partial charge < -0.3 is 4.98 Å². The van der Waals surface area contributed by atoms with Gasteiger partial charge in [-0.1, -0.05) is 6.07 Å². The quantitative estimate of drug-likeness (QED) is 0.642. The second-order valence-corrected chi connectivity index (χ2v) is 9.31. The highest BCUT2D eigenvalue weighted by atomic mass is 32.2. The zero-order valence-corrected chi connectivity index (χ0v) is 17.3. The summed E-state index contributed by atoms with van der Waals surface area (Å²) in [5, 5.41) is 9.06.